The molecule has 0 aromatic heterocycles. The molecule has 96 valence electrons. The van der Waals surface area contributed by atoms with Crippen LogP contribution in [0.15, 0.2) is 28.7 Å². The molecule has 0 spiro atoms. The van der Waals surface area contributed by atoms with Gasteiger partial charge >= 0.3 is 0 Å². The second kappa shape index (κ2) is 7.85. The van der Waals surface area contributed by atoms with Crippen LogP contribution >= 0.6 is 15.9 Å². The normalized spacial score (nSPS) is 14.6. The smallest absolute Gasteiger partial charge is 0.0465 e. The van der Waals surface area contributed by atoms with Crippen LogP contribution in [0.1, 0.15) is 18.9 Å². The van der Waals surface area contributed by atoms with Crippen molar-refractivity contribution in [1.29, 1.82) is 0 Å². The predicted molar refractivity (Wildman–Crippen MR) is 74.1 cm³/mol. The number of hydrogen-bond acceptors (Lipinski definition) is 2. The Labute approximate surface area is 112 Å². The van der Waals surface area contributed by atoms with Gasteiger partial charge in [0.15, 0.2) is 0 Å². The molecule has 1 aromatic carbocycles. The Kier molecular flexibility index (Phi) is 6.78. The standard InChI is InChI=1S/C14H21BrO2/c1-11(6-7-17-2)13(10-16)8-12-4-3-5-14(15)9-12/h3-5,9,11,13,16H,6-8,10H2,1-2H3. The van der Waals surface area contributed by atoms with Crippen LogP contribution < -0.4 is 0 Å². The Balaban J connectivity index is 2.56. The van der Waals surface area contributed by atoms with Gasteiger partial charge in [-0.25, -0.2) is 0 Å². The molecule has 0 fully saturated rings. The molecule has 0 radical (unpaired) electrons. The van der Waals surface area contributed by atoms with Crippen LogP contribution in [0.4, 0.5) is 0 Å². The second-order valence-corrected chi connectivity index (χ2v) is 5.45. The summed E-state index contributed by atoms with van der Waals surface area (Å²) in [5.74, 6) is 0.776. The zero-order valence-electron chi connectivity index (χ0n) is 10.5. The average Bonchev–Trinajstić information content (AvgIpc) is 2.33. The quantitative estimate of drug-likeness (QED) is 0.837. The lowest BCUT2D eigenvalue weighted by atomic mass is 9.87. The molecule has 0 saturated carbocycles. The lowest BCUT2D eigenvalue weighted by Crippen LogP contribution is -2.20. The third kappa shape index (κ3) is 5.19. The summed E-state index contributed by atoms with van der Waals surface area (Å²) in [5, 5.41) is 9.47. The van der Waals surface area contributed by atoms with Crippen LogP contribution in [0.2, 0.25) is 0 Å². The highest BCUT2D eigenvalue weighted by molar-refractivity contribution is 9.10. The molecule has 2 atom stereocenters. The molecule has 3 heteroatoms. The molecule has 1 rings (SSSR count). The summed E-state index contributed by atoms with van der Waals surface area (Å²) >= 11 is 3.47. The van der Waals surface area contributed by atoms with Gasteiger partial charge < -0.3 is 9.84 Å². The van der Waals surface area contributed by atoms with Crippen molar-refractivity contribution in [3.63, 3.8) is 0 Å². The Morgan fingerprint density at radius 3 is 2.76 bits per heavy atom. The Bertz CT molecular complexity index is 328. The van der Waals surface area contributed by atoms with Crippen molar-refractivity contribution in [3.05, 3.63) is 34.3 Å². The first kappa shape index (κ1) is 14.7. The van der Waals surface area contributed by atoms with Crippen LogP contribution in [0, 0.1) is 11.8 Å². The van der Waals surface area contributed by atoms with Gasteiger partial charge in [-0.1, -0.05) is 35.0 Å². The largest absolute Gasteiger partial charge is 0.396 e. The molecule has 0 amide bonds. The van der Waals surface area contributed by atoms with Crippen LogP contribution in [0.25, 0.3) is 0 Å². The number of hydrogen-bond donors (Lipinski definition) is 1. The van der Waals surface area contributed by atoms with Crippen LogP contribution in [0.3, 0.4) is 0 Å². The van der Waals surface area contributed by atoms with E-state index in [9.17, 15) is 5.11 Å². The van der Waals surface area contributed by atoms with E-state index in [1.54, 1.807) is 7.11 Å². The van der Waals surface area contributed by atoms with Gasteiger partial charge in [0, 0.05) is 24.8 Å². The van der Waals surface area contributed by atoms with E-state index >= 15 is 0 Å². The first-order valence-corrected chi connectivity index (χ1v) is 6.81. The summed E-state index contributed by atoms with van der Waals surface area (Å²) in [6, 6.07) is 8.28. The van der Waals surface area contributed by atoms with E-state index in [1.165, 1.54) is 5.56 Å². The van der Waals surface area contributed by atoms with Crippen LogP contribution in [0.5, 0.6) is 0 Å². The van der Waals surface area contributed by atoms with Crippen molar-refractivity contribution in [3.8, 4) is 0 Å². The molecule has 2 unspecified atom stereocenters. The average molecular weight is 301 g/mol. The molecule has 0 saturated heterocycles. The molecule has 0 heterocycles. The second-order valence-electron chi connectivity index (χ2n) is 4.54. The van der Waals surface area contributed by atoms with Crippen LogP contribution in [-0.4, -0.2) is 25.4 Å². The van der Waals surface area contributed by atoms with E-state index < -0.39 is 0 Å². The van der Waals surface area contributed by atoms with E-state index in [2.05, 4.69) is 35.0 Å². The number of halogens is 1. The van der Waals surface area contributed by atoms with Gasteiger partial charge in [0.25, 0.3) is 0 Å². The minimum Gasteiger partial charge on any atom is -0.396 e. The molecule has 17 heavy (non-hydrogen) atoms. The lowest BCUT2D eigenvalue weighted by molar-refractivity contribution is 0.134. The maximum Gasteiger partial charge on any atom is 0.0465 e. The Morgan fingerprint density at radius 1 is 1.41 bits per heavy atom. The summed E-state index contributed by atoms with van der Waals surface area (Å²) in [5.41, 5.74) is 1.27. The van der Waals surface area contributed by atoms with Crippen molar-refractivity contribution >= 4 is 15.9 Å². The van der Waals surface area contributed by atoms with Gasteiger partial charge in [-0.3, -0.25) is 0 Å². The fraction of sp³-hybridized carbons (Fsp3) is 0.571. The number of ether oxygens (including phenoxy) is 1. The molecule has 1 N–H and O–H groups in total. The van der Waals surface area contributed by atoms with Crippen molar-refractivity contribution in [2.24, 2.45) is 11.8 Å². The van der Waals surface area contributed by atoms with E-state index in [0.717, 1.165) is 23.9 Å². The fourth-order valence-electron chi connectivity index (χ4n) is 1.95. The highest BCUT2D eigenvalue weighted by Gasteiger charge is 2.16. The lowest BCUT2D eigenvalue weighted by Gasteiger charge is -2.22. The maximum absolute atomic E-state index is 9.47. The van der Waals surface area contributed by atoms with Gasteiger partial charge in [0.1, 0.15) is 0 Å². The van der Waals surface area contributed by atoms with Gasteiger partial charge in [0.2, 0.25) is 0 Å². The Morgan fingerprint density at radius 2 is 2.18 bits per heavy atom. The Hall–Kier alpha value is -0.380. The van der Waals surface area contributed by atoms with E-state index in [1.807, 2.05) is 12.1 Å². The first-order valence-electron chi connectivity index (χ1n) is 6.01. The van der Waals surface area contributed by atoms with Crippen molar-refractivity contribution in [2.75, 3.05) is 20.3 Å². The van der Waals surface area contributed by atoms with Gasteiger partial charge in [-0.2, -0.15) is 0 Å². The fourth-order valence-corrected chi connectivity index (χ4v) is 2.40. The molecule has 0 aliphatic carbocycles. The molecular formula is C14H21BrO2. The zero-order valence-corrected chi connectivity index (χ0v) is 12.1. The molecule has 1 aromatic rings. The number of aliphatic hydroxyl groups is 1. The third-order valence-electron chi connectivity index (χ3n) is 3.20. The first-order chi connectivity index (χ1) is 8.17. The number of rotatable bonds is 7. The summed E-state index contributed by atoms with van der Waals surface area (Å²) in [6.45, 7) is 3.17. The highest BCUT2D eigenvalue weighted by atomic mass is 79.9. The van der Waals surface area contributed by atoms with Crippen LogP contribution in [-0.2, 0) is 11.2 Å². The van der Waals surface area contributed by atoms with E-state index in [0.29, 0.717) is 11.8 Å². The monoisotopic (exact) mass is 300 g/mol. The number of methoxy groups -OCH3 is 1. The third-order valence-corrected chi connectivity index (χ3v) is 3.70. The number of aliphatic hydroxyl groups excluding tert-OH is 1. The molecule has 0 aliphatic heterocycles. The molecule has 2 nitrogen and oxygen atoms in total. The molecule has 0 bridgehead atoms. The van der Waals surface area contributed by atoms with Crippen molar-refractivity contribution < 1.29 is 9.84 Å². The summed E-state index contributed by atoms with van der Waals surface area (Å²) in [4.78, 5) is 0. The van der Waals surface area contributed by atoms with E-state index in [4.69, 9.17) is 4.74 Å². The predicted octanol–water partition coefficient (Wildman–Crippen LogP) is 3.27. The topological polar surface area (TPSA) is 29.5 Å². The SMILES string of the molecule is COCCC(C)C(CO)Cc1cccc(Br)c1. The maximum atomic E-state index is 9.47. The van der Waals surface area contributed by atoms with Crippen molar-refractivity contribution in [2.45, 2.75) is 19.8 Å². The summed E-state index contributed by atoms with van der Waals surface area (Å²) < 4.78 is 6.18. The van der Waals surface area contributed by atoms with E-state index in [-0.39, 0.29) is 6.61 Å². The molecular weight excluding hydrogens is 280 g/mol. The molecule has 0 aliphatic rings. The summed E-state index contributed by atoms with van der Waals surface area (Å²) in [7, 11) is 1.72. The summed E-state index contributed by atoms with van der Waals surface area (Å²) in [6.07, 6.45) is 1.91. The highest BCUT2D eigenvalue weighted by Crippen LogP contribution is 2.22. The van der Waals surface area contributed by atoms with Crippen molar-refractivity contribution in [1.82, 2.24) is 0 Å². The number of benzene rings is 1. The zero-order chi connectivity index (χ0) is 12.7. The minimum absolute atomic E-state index is 0.234. The van der Waals surface area contributed by atoms with Gasteiger partial charge in [-0.05, 0) is 42.4 Å². The van der Waals surface area contributed by atoms with Gasteiger partial charge in [0.05, 0.1) is 0 Å². The van der Waals surface area contributed by atoms with Gasteiger partial charge in [-0.15, -0.1) is 0 Å². The minimum atomic E-state index is 0.234.